The van der Waals surface area contributed by atoms with Crippen molar-refractivity contribution >= 4 is 24.1 Å². The zero-order valence-corrected chi connectivity index (χ0v) is 16.2. The molecule has 1 aliphatic heterocycles. The molecular weight excluding hydrogens is 372 g/mol. The second-order valence-corrected chi connectivity index (χ2v) is 6.94. The highest BCUT2D eigenvalue weighted by molar-refractivity contribution is 5.69. The number of carbonyl (C=O) groups is 3. The van der Waals surface area contributed by atoms with Crippen molar-refractivity contribution in [3.05, 3.63) is 0 Å². The van der Waals surface area contributed by atoms with Crippen molar-refractivity contribution in [1.29, 1.82) is 0 Å². The molecule has 0 saturated carbocycles. The van der Waals surface area contributed by atoms with E-state index in [1.54, 1.807) is 27.8 Å². The summed E-state index contributed by atoms with van der Waals surface area (Å²) in [7, 11) is 0. The fourth-order valence-corrected chi connectivity index (χ4v) is 3.06. The summed E-state index contributed by atoms with van der Waals surface area (Å²) < 4.78 is 1.87. The maximum Gasteiger partial charge on any atom is 0.317 e. The van der Waals surface area contributed by atoms with Crippen LogP contribution in [0.2, 0.25) is 0 Å². The Hall–Kier alpha value is -2.08. The van der Waals surface area contributed by atoms with Gasteiger partial charge in [-0.05, 0) is 6.92 Å². The minimum atomic E-state index is -0.987. The SMILES string of the molecule is C[C@@H](O)C=[N+]1CCN(CC(=O)O)CCN(CC(=O)O)CCN(CC(=O)O)CC1. The van der Waals surface area contributed by atoms with E-state index in [0.29, 0.717) is 52.4 Å². The van der Waals surface area contributed by atoms with Crippen LogP contribution in [-0.4, -0.2) is 142 Å². The lowest BCUT2D eigenvalue weighted by Crippen LogP contribution is -2.47. The van der Waals surface area contributed by atoms with Crippen LogP contribution < -0.4 is 0 Å². The van der Waals surface area contributed by atoms with Gasteiger partial charge in [-0.1, -0.05) is 0 Å². The first kappa shape index (κ1) is 24.0. The number of carboxylic acid groups (broad SMARTS) is 3. The molecule has 11 heteroatoms. The number of aliphatic hydroxyl groups is 1. The monoisotopic (exact) mass is 403 g/mol. The molecule has 0 aromatic heterocycles. The minimum absolute atomic E-state index is 0.158. The summed E-state index contributed by atoms with van der Waals surface area (Å²) >= 11 is 0. The third-order valence-electron chi connectivity index (χ3n) is 4.37. The van der Waals surface area contributed by atoms with Gasteiger partial charge in [0.15, 0.2) is 19.3 Å². The molecule has 0 aromatic carbocycles. The summed E-state index contributed by atoms with van der Waals surface area (Å²) in [4.78, 5) is 38.5. The van der Waals surface area contributed by atoms with Crippen LogP contribution in [0, 0.1) is 0 Å². The average Bonchev–Trinajstić information content (AvgIpc) is 2.55. The van der Waals surface area contributed by atoms with Crippen molar-refractivity contribution in [3.63, 3.8) is 0 Å². The second-order valence-electron chi connectivity index (χ2n) is 6.94. The maximum absolute atomic E-state index is 11.1. The molecule has 11 nitrogen and oxygen atoms in total. The molecule has 1 rings (SSSR count). The molecule has 1 fully saturated rings. The number of carboxylic acids is 3. The average molecular weight is 403 g/mol. The van der Waals surface area contributed by atoms with Gasteiger partial charge in [-0.3, -0.25) is 29.1 Å². The van der Waals surface area contributed by atoms with Crippen LogP contribution in [0.25, 0.3) is 0 Å². The van der Waals surface area contributed by atoms with Crippen LogP contribution in [-0.2, 0) is 14.4 Å². The molecule has 28 heavy (non-hydrogen) atoms. The third-order valence-corrected chi connectivity index (χ3v) is 4.37. The van der Waals surface area contributed by atoms with Gasteiger partial charge in [0.1, 0.15) is 6.10 Å². The van der Waals surface area contributed by atoms with Crippen LogP contribution in [0.5, 0.6) is 0 Å². The van der Waals surface area contributed by atoms with E-state index in [1.165, 1.54) is 0 Å². The zero-order valence-electron chi connectivity index (χ0n) is 16.2. The fraction of sp³-hybridized carbons (Fsp3) is 0.765. The van der Waals surface area contributed by atoms with Crippen LogP contribution in [0.15, 0.2) is 0 Å². The summed E-state index contributed by atoms with van der Waals surface area (Å²) in [5, 5.41) is 37.0. The predicted octanol–water partition coefficient (Wildman–Crippen LogP) is -2.38. The quantitative estimate of drug-likeness (QED) is 0.340. The Labute approximate surface area is 164 Å². The Morgan fingerprint density at radius 2 is 1.11 bits per heavy atom. The van der Waals surface area contributed by atoms with E-state index in [-0.39, 0.29) is 19.6 Å². The Morgan fingerprint density at radius 1 is 0.786 bits per heavy atom. The standard InChI is InChI=1S/C17H30N4O7/c1-14(22)10-18-2-4-19(11-15(23)24)6-8-21(13-17(27)28)9-7-20(5-3-18)12-16(25)26/h10,14,22H,2-9,11-13H2,1H3,(H2-,23,24,25,26,27,28)/p+1/t14-/m1/s1. The van der Waals surface area contributed by atoms with Gasteiger partial charge in [0, 0.05) is 26.2 Å². The van der Waals surface area contributed by atoms with Gasteiger partial charge in [-0.15, -0.1) is 0 Å². The summed E-state index contributed by atoms with van der Waals surface area (Å²) in [6.07, 6.45) is 0.959. The number of aliphatic hydroxyl groups excluding tert-OH is 1. The molecule has 0 aliphatic carbocycles. The second kappa shape index (κ2) is 12.4. The molecule has 1 aliphatic rings. The number of nitrogens with zero attached hydrogens (tertiary/aromatic N) is 4. The van der Waals surface area contributed by atoms with E-state index in [2.05, 4.69) is 0 Å². The van der Waals surface area contributed by atoms with Gasteiger partial charge in [-0.2, -0.15) is 0 Å². The number of aliphatic carboxylic acids is 3. The van der Waals surface area contributed by atoms with Crippen LogP contribution in [0.4, 0.5) is 0 Å². The minimum Gasteiger partial charge on any atom is -0.480 e. The molecule has 1 atom stereocenters. The topological polar surface area (TPSA) is 145 Å². The molecule has 160 valence electrons. The van der Waals surface area contributed by atoms with E-state index in [4.69, 9.17) is 15.3 Å². The molecule has 0 aromatic rings. The molecule has 0 radical (unpaired) electrons. The lowest BCUT2D eigenvalue weighted by molar-refractivity contribution is -0.526. The summed E-state index contributed by atoms with van der Waals surface area (Å²) in [6, 6.07) is 0. The highest BCUT2D eigenvalue weighted by Crippen LogP contribution is 1.99. The Bertz CT molecular complexity index is 534. The Balaban J connectivity index is 2.95. The smallest absolute Gasteiger partial charge is 0.317 e. The number of hydrogen-bond donors (Lipinski definition) is 4. The lowest BCUT2D eigenvalue weighted by atomic mass is 10.3. The van der Waals surface area contributed by atoms with Crippen molar-refractivity contribution in [1.82, 2.24) is 14.7 Å². The van der Waals surface area contributed by atoms with E-state index in [0.717, 1.165) is 0 Å². The van der Waals surface area contributed by atoms with Crippen molar-refractivity contribution in [2.45, 2.75) is 13.0 Å². The highest BCUT2D eigenvalue weighted by Gasteiger charge is 2.21. The fourth-order valence-electron chi connectivity index (χ4n) is 3.06. The molecule has 0 amide bonds. The first-order valence-corrected chi connectivity index (χ1v) is 9.25. The van der Waals surface area contributed by atoms with Crippen molar-refractivity contribution in [2.24, 2.45) is 0 Å². The van der Waals surface area contributed by atoms with E-state index < -0.39 is 24.0 Å². The van der Waals surface area contributed by atoms with Crippen LogP contribution >= 0.6 is 0 Å². The molecule has 1 heterocycles. The predicted molar refractivity (Wildman–Crippen MR) is 100.0 cm³/mol. The first-order valence-electron chi connectivity index (χ1n) is 9.25. The van der Waals surface area contributed by atoms with E-state index in [1.807, 2.05) is 4.58 Å². The van der Waals surface area contributed by atoms with Crippen molar-refractivity contribution in [2.75, 3.05) is 72.0 Å². The zero-order chi connectivity index (χ0) is 21.1. The van der Waals surface area contributed by atoms with Gasteiger partial charge < -0.3 is 20.4 Å². The highest BCUT2D eigenvalue weighted by atomic mass is 16.4. The largest absolute Gasteiger partial charge is 0.480 e. The molecule has 1 saturated heterocycles. The van der Waals surface area contributed by atoms with Crippen LogP contribution in [0.1, 0.15) is 6.92 Å². The molecule has 0 unspecified atom stereocenters. The van der Waals surface area contributed by atoms with Crippen molar-refractivity contribution < 1.29 is 39.4 Å². The van der Waals surface area contributed by atoms with Gasteiger partial charge in [0.05, 0.1) is 32.7 Å². The summed E-state index contributed by atoms with van der Waals surface area (Å²) in [5.74, 6) is -2.91. The lowest BCUT2D eigenvalue weighted by Gasteiger charge is -2.29. The molecule has 4 N–H and O–H groups in total. The van der Waals surface area contributed by atoms with Gasteiger partial charge in [0.2, 0.25) is 0 Å². The number of rotatable bonds is 7. The van der Waals surface area contributed by atoms with Crippen LogP contribution in [0.3, 0.4) is 0 Å². The molecule has 0 spiro atoms. The van der Waals surface area contributed by atoms with E-state index >= 15 is 0 Å². The number of hydrogen-bond acceptors (Lipinski definition) is 7. The summed E-state index contributed by atoms with van der Waals surface area (Å²) in [6.45, 7) is 4.38. The van der Waals surface area contributed by atoms with Gasteiger partial charge in [-0.25, -0.2) is 4.58 Å². The Kier molecular flexibility index (Phi) is 10.6. The van der Waals surface area contributed by atoms with Crippen molar-refractivity contribution in [3.8, 4) is 0 Å². The van der Waals surface area contributed by atoms with E-state index in [9.17, 15) is 19.5 Å². The first-order chi connectivity index (χ1) is 13.2. The molecular formula is C17H31N4O7+. The summed E-state index contributed by atoms with van der Waals surface area (Å²) in [5.41, 5.74) is 0. The Morgan fingerprint density at radius 3 is 1.39 bits per heavy atom. The van der Waals surface area contributed by atoms with Gasteiger partial charge in [0.25, 0.3) is 0 Å². The third kappa shape index (κ3) is 10.9. The molecule has 0 bridgehead atoms. The normalized spacial score (nSPS) is 20.0. The van der Waals surface area contributed by atoms with Gasteiger partial charge >= 0.3 is 17.9 Å². The maximum atomic E-state index is 11.1.